The Bertz CT molecular complexity index is 1090. The van der Waals surface area contributed by atoms with E-state index in [4.69, 9.17) is 26.1 Å². The van der Waals surface area contributed by atoms with Gasteiger partial charge in [-0.2, -0.15) is 5.26 Å². The van der Waals surface area contributed by atoms with Crippen LogP contribution in [0.15, 0.2) is 30.5 Å². The maximum absolute atomic E-state index is 9.74. The highest BCUT2D eigenvalue weighted by molar-refractivity contribution is 6.33. The smallest absolute Gasteiger partial charge is 0.126 e. The molecule has 1 aliphatic carbocycles. The summed E-state index contributed by atoms with van der Waals surface area (Å²) in [6.07, 6.45) is 7.56. The molecule has 2 aromatic heterocycles. The van der Waals surface area contributed by atoms with Gasteiger partial charge in [-0.05, 0) is 77.5 Å². The summed E-state index contributed by atoms with van der Waals surface area (Å²) in [6, 6.07) is 11.2. The largest absolute Gasteiger partial charge is 0.381 e. The molecule has 4 rings (SSSR count). The van der Waals surface area contributed by atoms with Crippen molar-refractivity contribution in [2.24, 2.45) is 5.41 Å². The lowest BCUT2D eigenvalue weighted by molar-refractivity contribution is -0.00198. The predicted molar refractivity (Wildman–Crippen MR) is 152 cm³/mol. The number of nitrogens with zero attached hydrogens (tertiary/aromatic N) is 3. The van der Waals surface area contributed by atoms with E-state index in [1.807, 2.05) is 24.3 Å². The van der Waals surface area contributed by atoms with Crippen molar-refractivity contribution >= 4 is 23.2 Å². The van der Waals surface area contributed by atoms with Gasteiger partial charge in [0.2, 0.25) is 0 Å². The SMILES string of the molecule is CC(C)(C)OCCN[C@H]1CC[C@H](Nc2cc(-c3cccc(NCC4(C#N)CCOCC4)n3)c(Cl)cn2)CC1. The fraction of sp³-hybridized carbons (Fsp3) is 0.621. The molecule has 1 saturated carbocycles. The Morgan fingerprint density at radius 3 is 2.58 bits per heavy atom. The van der Waals surface area contributed by atoms with Crippen LogP contribution < -0.4 is 16.0 Å². The summed E-state index contributed by atoms with van der Waals surface area (Å²) in [5.74, 6) is 1.54. The van der Waals surface area contributed by atoms with Crippen molar-refractivity contribution < 1.29 is 9.47 Å². The first-order valence-electron chi connectivity index (χ1n) is 13.7. The van der Waals surface area contributed by atoms with Gasteiger partial charge in [-0.1, -0.05) is 17.7 Å². The van der Waals surface area contributed by atoms with Gasteiger partial charge in [-0.15, -0.1) is 0 Å². The monoisotopic (exact) mass is 540 g/mol. The Morgan fingerprint density at radius 2 is 1.87 bits per heavy atom. The van der Waals surface area contributed by atoms with E-state index in [1.54, 1.807) is 6.20 Å². The van der Waals surface area contributed by atoms with Crippen molar-refractivity contribution in [2.75, 3.05) is 43.5 Å². The summed E-state index contributed by atoms with van der Waals surface area (Å²) in [6.45, 7) is 9.66. The van der Waals surface area contributed by atoms with Gasteiger partial charge in [0, 0.05) is 50.1 Å². The van der Waals surface area contributed by atoms with Crippen molar-refractivity contribution in [3.05, 3.63) is 35.5 Å². The third-order valence-electron chi connectivity index (χ3n) is 7.32. The van der Waals surface area contributed by atoms with E-state index in [0.717, 1.165) is 74.6 Å². The van der Waals surface area contributed by atoms with Crippen molar-refractivity contribution in [2.45, 2.75) is 77.0 Å². The molecule has 9 heteroatoms. The van der Waals surface area contributed by atoms with E-state index < -0.39 is 5.41 Å². The Morgan fingerprint density at radius 1 is 1.13 bits per heavy atom. The molecule has 1 aliphatic heterocycles. The molecule has 0 amide bonds. The molecule has 0 bridgehead atoms. The lowest BCUT2D eigenvalue weighted by Crippen LogP contribution is -2.39. The Hall–Kier alpha value is -2.44. The fourth-order valence-corrected chi connectivity index (χ4v) is 5.22. The molecule has 8 nitrogen and oxygen atoms in total. The lowest BCUT2D eigenvalue weighted by atomic mass is 9.82. The van der Waals surface area contributed by atoms with Gasteiger partial charge in [0.1, 0.15) is 11.6 Å². The molecule has 0 spiro atoms. The quantitative estimate of drug-likeness (QED) is 0.332. The molecule has 2 aromatic rings. The number of halogens is 1. The van der Waals surface area contributed by atoms with Gasteiger partial charge in [-0.3, -0.25) is 0 Å². The van der Waals surface area contributed by atoms with Crippen LogP contribution in [0.3, 0.4) is 0 Å². The fourth-order valence-electron chi connectivity index (χ4n) is 5.02. The zero-order valence-corrected chi connectivity index (χ0v) is 23.6. The molecule has 0 atom stereocenters. The van der Waals surface area contributed by atoms with Gasteiger partial charge in [0.05, 0.1) is 34.4 Å². The maximum Gasteiger partial charge on any atom is 0.126 e. The summed E-state index contributed by atoms with van der Waals surface area (Å²) in [5.41, 5.74) is 1.10. The van der Waals surface area contributed by atoms with Crippen LogP contribution in [0.2, 0.25) is 5.02 Å². The number of anilines is 2. The predicted octanol–water partition coefficient (Wildman–Crippen LogP) is 5.66. The summed E-state index contributed by atoms with van der Waals surface area (Å²) in [7, 11) is 0. The third-order valence-corrected chi connectivity index (χ3v) is 7.63. The highest BCUT2D eigenvalue weighted by atomic mass is 35.5. The zero-order valence-electron chi connectivity index (χ0n) is 22.9. The van der Waals surface area contributed by atoms with E-state index in [2.05, 4.69) is 47.8 Å². The second kappa shape index (κ2) is 13.1. The van der Waals surface area contributed by atoms with Gasteiger partial charge in [0.15, 0.2) is 0 Å². The number of hydrogen-bond acceptors (Lipinski definition) is 8. The minimum atomic E-state index is -0.421. The van der Waals surface area contributed by atoms with Crippen LogP contribution in [0.5, 0.6) is 0 Å². The van der Waals surface area contributed by atoms with Crippen LogP contribution in [0.4, 0.5) is 11.6 Å². The molecule has 0 radical (unpaired) electrons. The van der Waals surface area contributed by atoms with Crippen molar-refractivity contribution in [3.63, 3.8) is 0 Å². The number of ether oxygens (including phenoxy) is 2. The molecule has 38 heavy (non-hydrogen) atoms. The van der Waals surface area contributed by atoms with E-state index in [1.165, 1.54) is 0 Å². The molecule has 1 saturated heterocycles. The average molecular weight is 541 g/mol. The number of nitrogens with one attached hydrogen (secondary N) is 3. The Balaban J connectivity index is 1.31. The summed E-state index contributed by atoms with van der Waals surface area (Å²) < 4.78 is 11.3. The topological polar surface area (TPSA) is 104 Å². The van der Waals surface area contributed by atoms with Crippen LogP contribution in [0.1, 0.15) is 59.3 Å². The normalized spacial score (nSPS) is 21.4. The molecular formula is C29H41ClN6O2. The van der Waals surface area contributed by atoms with E-state index in [0.29, 0.717) is 36.9 Å². The second-order valence-electron chi connectivity index (χ2n) is 11.4. The van der Waals surface area contributed by atoms with Crippen LogP contribution >= 0.6 is 11.6 Å². The maximum atomic E-state index is 9.74. The first kappa shape index (κ1) is 28.6. The molecule has 0 unspecified atom stereocenters. The van der Waals surface area contributed by atoms with Crippen molar-refractivity contribution in [1.29, 1.82) is 5.26 Å². The van der Waals surface area contributed by atoms with Gasteiger partial charge >= 0.3 is 0 Å². The first-order valence-corrected chi connectivity index (χ1v) is 14.1. The Kier molecular flexibility index (Phi) is 9.83. The van der Waals surface area contributed by atoms with Crippen molar-refractivity contribution in [3.8, 4) is 17.3 Å². The summed E-state index contributed by atoms with van der Waals surface area (Å²) in [5, 5.41) is 20.9. The van der Waals surface area contributed by atoms with E-state index in [9.17, 15) is 5.26 Å². The van der Waals surface area contributed by atoms with Gasteiger partial charge < -0.3 is 25.4 Å². The number of aromatic nitrogens is 2. The van der Waals surface area contributed by atoms with Crippen LogP contribution in [-0.2, 0) is 9.47 Å². The number of rotatable bonds is 10. The molecule has 3 N–H and O–H groups in total. The average Bonchev–Trinajstić information content (AvgIpc) is 2.92. The van der Waals surface area contributed by atoms with E-state index in [-0.39, 0.29) is 5.60 Å². The minimum absolute atomic E-state index is 0.0912. The molecule has 2 aliphatic rings. The van der Waals surface area contributed by atoms with Gasteiger partial charge in [-0.25, -0.2) is 9.97 Å². The lowest BCUT2D eigenvalue weighted by Gasteiger charge is -2.31. The van der Waals surface area contributed by atoms with Crippen LogP contribution in [-0.4, -0.2) is 60.6 Å². The van der Waals surface area contributed by atoms with Crippen LogP contribution in [0, 0.1) is 16.7 Å². The second-order valence-corrected chi connectivity index (χ2v) is 11.8. The zero-order chi connectivity index (χ0) is 27.0. The molecule has 0 aromatic carbocycles. The summed E-state index contributed by atoms with van der Waals surface area (Å²) >= 11 is 6.55. The highest BCUT2D eigenvalue weighted by Gasteiger charge is 2.32. The van der Waals surface area contributed by atoms with E-state index >= 15 is 0 Å². The third kappa shape index (κ3) is 8.28. The minimum Gasteiger partial charge on any atom is -0.381 e. The highest BCUT2D eigenvalue weighted by Crippen LogP contribution is 2.32. The first-order chi connectivity index (χ1) is 18.3. The van der Waals surface area contributed by atoms with Gasteiger partial charge in [0.25, 0.3) is 0 Å². The Labute approximate surface area is 231 Å². The molecule has 2 fully saturated rings. The molecule has 3 heterocycles. The number of hydrogen-bond donors (Lipinski definition) is 3. The standard InChI is InChI=1S/C29H41ClN6O2/c1-28(2,3)38-16-13-32-21-7-9-22(10-8-21)35-27-17-23(24(30)18-33-27)25-5-4-6-26(36-25)34-20-29(19-31)11-14-37-15-12-29/h4-6,17-18,21-22,32H,7-16,20H2,1-3H3,(H,33,35)(H,34,36)/t21-,22-. The number of nitriles is 1. The van der Waals surface area contributed by atoms with Crippen molar-refractivity contribution in [1.82, 2.24) is 15.3 Å². The molecule has 206 valence electrons. The van der Waals surface area contributed by atoms with Crippen LogP contribution in [0.25, 0.3) is 11.3 Å². The number of pyridine rings is 2. The summed E-state index contributed by atoms with van der Waals surface area (Å²) in [4.78, 5) is 9.33. The molecular weight excluding hydrogens is 500 g/mol.